The third-order valence-electron chi connectivity index (χ3n) is 5.02. The van der Waals surface area contributed by atoms with Gasteiger partial charge < -0.3 is 29.1 Å². The number of phosphoric acid groups is 1. The number of hydrogen-bond acceptors (Lipinski definition) is 7. The first kappa shape index (κ1) is 30.4. The number of carboxylic acid groups (broad SMARTS) is 1. The molecule has 34 heavy (non-hydrogen) atoms. The molecule has 3 unspecified atom stereocenters. The van der Waals surface area contributed by atoms with Gasteiger partial charge in [0.15, 0.2) is 0 Å². The third kappa shape index (κ3) is 11.6. The predicted molar refractivity (Wildman–Crippen MR) is 126 cm³/mol. The smallest absolute Gasteiger partial charge is 0.472 e. The average molecular weight is 506 g/mol. The maximum atomic E-state index is 12.4. The van der Waals surface area contributed by atoms with E-state index in [9.17, 15) is 19.4 Å². The molecule has 1 aromatic carbocycles. The molecule has 2 N–H and O–H groups in total. The molecule has 0 radical (unpaired) electrons. The number of rotatable bonds is 18. The molecule has 0 aliphatic carbocycles. The summed E-state index contributed by atoms with van der Waals surface area (Å²) in [5.74, 6) is 0.197. The van der Waals surface area contributed by atoms with Crippen LogP contribution in [0.25, 0.3) is 0 Å². The number of aliphatic carboxylic acids is 1. The van der Waals surface area contributed by atoms with Crippen LogP contribution in [0, 0.1) is 6.92 Å². The molecule has 0 aliphatic rings. The fourth-order valence-corrected chi connectivity index (χ4v) is 4.01. The van der Waals surface area contributed by atoms with Crippen molar-refractivity contribution in [1.82, 2.24) is 0 Å². The fourth-order valence-electron chi connectivity index (χ4n) is 3.07. The van der Waals surface area contributed by atoms with Gasteiger partial charge >= 0.3 is 13.8 Å². The van der Waals surface area contributed by atoms with E-state index in [2.05, 4.69) is 6.92 Å². The van der Waals surface area contributed by atoms with Gasteiger partial charge in [-0.3, -0.25) is 13.8 Å². The van der Waals surface area contributed by atoms with E-state index in [1.165, 1.54) is 0 Å². The van der Waals surface area contributed by atoms with Gasteiger partial charge in [-0.2, -0.15) is 0 Å². The van der Waals surface area contributed by atoms with Crippen LogP contribution in [-0.4, -0.2) is 73.7 Å². The largest absolute Gasteiger partial charge is 0.804 e. The predicted octanol–water partition coefficient (Wildman–Crippen LogP) is 3.09. The van der Waals surface area contributed by atoms with E-state index in [1.807, 2.05) is 25.1 Å². The minimum absolute atomic E-state index is 0.107. The number of likely N-dealkylation sites (N-methyl/N-ethyl adjacent to an activating group) is 1. The molecule has 0 bridgehead atoms. The number of benzene rings is 1. The van der Waals surface area contributed by atoms with Gasteiger partial charge in [-0.25, -0.2) is 4.57 Å². The number of ether oxygens (including phenoxy) is 2. The van der Waals surface area contributed by atoms with Crippen molar-refractivity contribution in [2.75, 3.05) is 41.0 Å². The molecule has 0 fully saturated rings. The summed E-state index contributed by atoms with van der Waals surface area (Å²) < 4.78 is 33.5. The van der Waals surface area contributed by atoms with Crippen LogP contribution >= 0.6 is 7.82 Å². The van der Waals surface area contributed by atoms with Crippen molar-refractivity contribution in [3.8, 4) is 11.5 Å². The Bertz CT molecular complexity index is 797. The molecule has 11 heteroatoms. The van der Waals surface area contributed by atoms with Crippen LogP contribution in [0.3, 0.4) is 0 Å². The van der Waals surface area contributed by atoms with Crippen molar-refractivity contribution in [3.05, 3.63) is 23.8 Å². The standard InChI is InChI=1S/C23H40NO9P/c1-6-7-8-14-30-19-12-11-13-20(18(19)2)31-15-9-10-16-32-34(28,29)33-21(17-22(25)26)23(27)24(3,4)5/h11-13,21,23H,6-10,14-17H2,1-5H3,(H,25,26)(H,28,29). The number of carboxylic acids is 1. The van der Waals surface area contributed by atoms with Gasteiger partial charge in [-0.05, 0) is 38.3 Å². The van der Waals surface area contributed by atoms with E-state index < -0.39 is 32.5 Å². The summed E-state index contributed by atoms with van der Waals surface area (Å²) in [5.41, 5.74) is 0.914. The normalized spacial score (nSPS) is 15.4. The maximum Gasteiger partial charge on any atom is 0.472 e. The summed E-state index contributed by atoms with van der Waals surface area (Å²) >= 11 is 0. The van der Waals surface area contributed by atoms with E-state index >= 15 is 0 Å². The minimum Gasteiger partial charge on any atom is -0.804 e. The van der Waals surface area contributed by atoms with Crippen LogP contribution in [0.5, 0.6) is 11.5 Å². The molecule has 0 aliphatic heterocycles. The molecular formula is C23H40NO9P. The zero-order chi connectivity index (χ0) is 25.8. The first-order chi connectivity index (χ1) is 15.9. The van der Waals surface area contributed by atoms with Crippen molar-refractivity contribution < 1.29 is 47.5 Å². The molecule has 196 valence electrons. The van der Waals surface area contributed by atoms with E-state index in [1.54, 1.807) is 21.1 Å². The van der Waals surface area contributed by atoms with Gasteiger partial charge in [0.2, 0.25) is 0 Å². The Kier molecular flexibility index (Phi) is 13.1. The lowest BCUT2D eigenvalue weighted by Gasteiger charge is -2.42. The molecule has 0 saturated carbocycles. The molecule has 0 amide bonds. The lowest BCUT2D eigenvalue weighted by Crippen LogP contribution is -2.60. The van der Waals surface area contributed by atoms with Gasteiger partial charge in [0.1, 0.15) is 17.6 Å². The van der Waals surface area contributed by atoms with Crippen LogP contribution in [0.2, 0.25) is 0 Å². The first-order valence-corrected chi connectivity index (χ1v) is 13.1. The fraction of sp³-hybridized carbons (Fsp3) is 0.696. The molecule has 0 saturated heterocycles. The van der Waals surface area contributed by atoms with E-state index in [4.69, 9.17) is 23.6 Å². The van der Waals surface area contributed by atoms with Crippen LogP contribution in [0.15, 0.2) is 18.2 Å². The number of hydrogen-bond donors (Lipinski definition) is 2. The first-order valence-electron chi connectivity index (χ1n) is 11.6. The number of quaternary nitrogens is 1. The van der Waals surface area contributed by atoms with Gasteiger partial charge in [-0.15, -0.1) is 0 Å². The maximum absolute atomic E-state index is 12.4. The molecule has 1 rings (SSSR count). The monoisotopic (exact) mass is 505 g/mol. The van der Waals surface area contributed by atoms with Crippen molar-refractivity contribution >= 4 is 13.8 Å². The summed E-state index contributed by atoms with van der Waals surface area (Å²) in [5, 5.41) is 21.4. The van der Waals surface area contributed by atoms with Crippen LogP contribution in [-0.2, 0) is 18.4 Å². The Hall–Kier alpha value is -1.68. The van der Waals surface area contributed by atoms with E-state index in [-0.39, 0.29) is 11.1 Å². The zero-order valence-corrected chi connectivity index (χ0v) is 21.8. The molecule has 0 aromatic heterocycles. The highest BCUT2D eigenvalue weighted by molar-refractivity contribution is 7.47. The Morgan fingerprint density at radius 3 is 2.09 bits per heavy atom. The van der Waals surface area contributed by atoms with Gasteiger partial charge in [0, 0.05) is 11.8 Å². The zero-order valence-electron chi connectivity index (χ0n) is 20.9. The van der Waals surface area contributed by atoms with Gasteiger partial charge in [0.25, 0.3) is 0 Å². The van der Waals surface area contributed by atoms with Gasteiger partial charge in [0.05, 0.1) is 47.4 Å². The Morgan fingerprint density at radius 2 is 1.59 bits per heavy atom. The highest BCUT2D eigenvalue weighted by Gasteiger charge is 2.34. The second kappa shape index (κ2) is 14.7. The summed E-state index contributed by atoms with van der Waals surface area (Å²) in [6, 6.07) is 5.63. The number of carbonyl (C=O) groups is 1. The lowest BCUT2D eigenvalue weighted by atomic mass is 10.2. The molecule has 0 heterocycles. The Balaban J connectivity index is 2.45. The molecule has 1 aromatic rings. The van der Waals surface area contributed by atoms with Gasteiger partial charge in [-0.1, -0.05) is 25.8 Å². The SMILES string of the molecule is CCCCCOc1cccc(OCCCCOP(=O)(O)OC(CC(=O)O)C([O-])[N+](C)(C)C)c1C. The van der Waals surface area contributed by atoms with Crippen molar-refractivity contribution in [1.29, 1.82) is 0 Å². The van der Waals surface area contributed by atoms with Crippen molar-refractivity contribution in [3.63, 3.8) is 0 Å². The molecule has 0 spiro atoms. The second-order valence-electron chi connectivity index (χ2n) is 9.04. The van der Waals surface area contributed by atoms with E-state index in [0.29, 0.717) is 31.8 Å². The minimum atomic E-state index is -4.60. The van der Waals surface area contributed by atoms with Crippen LogP contribution < -0.4 is 14.6 Å². The number of nitrogens with zero attached hydrogens (tertiary/aromatic N) is 1. The molecular weight excluding hydrogens is 465 g/mol. The van der Waals surface area contributed by atoms with E-state index in [0.717, 1.165) is 30.6 Å². The third-order valence-corrected chi connectivity index (χ3v) is 6.06. The van der Waals surface area contributed by atoms with Crippen molar-refractivity contribution in [2.24, 2.45) is 0 Å². The molecule has 3 atom stereocenters. The van der Waals surface area contributed by atoms with Crippen LogP contribution in [0.4, 0.5) is 0 Å². The summed E-state index contributed by atoms with van der Waals surface area (Å²) in [6.07, 6.45) is 0.400. The summed E-state index contributed by atoms with van der Waals surface area (Å²) in [7, 11) is 0.0557. The number of unbranched alkanes of at least 4 members (excludes halogenated alkanes) is 3. The summed E-state index contributed by atoms with van der Waals surface area (Å²) in [4.78, 5) is 21.0. The Morgan fingerprint density at radius 1 is 1.06 bits per heavy atom. The highest BCUT2D eigenvalue weighted by atomic mass is 31.2. The number of phosphoric ester groups is 1. The topological polar surface area (TPSA) is 135 Å². The second-order valence-corrected chi connectivity index (χ2v) is 10.4. The van der Waals surface area contributed by atoms with Crippen LogP contribution in [0.1, 0.15) is 51.0 Å². The Labute approximate surface area is 202 Å². The summed E-state index contributed by atoms with van der Waals surface area (Å²) in [6.45, 7) is 4.99. The highest BCUT2D eigenvalue weighted by Crippen LogP contribution is 2.45. The lowest BCUT2D eigenvalue weighted by molar-refractivity contribution is -0.973. The average Bonchev–Trinajstić information content (AvgIpc) is 2.73. The van der Waals surface area contributed by atoms with Crippen molar-refractivity contribution in [2.45, 2.75) is 64.7 Å². The quantitative estimate of drug-likeness (QED) is 0.134. The molecule has 10 nitrogen and oxygen atoms in total.